The second kappa shape index (κ2) is 9.05. The molecule has 218 valence electrons. The van der Waals surface area contributed by atoms with Crippen molar-refractivity contribution in [2.45, 2.75) is 0 Å². The van der Waals surface area contributed by atoms with Crippen molar-refractivity contribution < 1.29 is 13.3 Å². The molecule has 0 fully saturated rings. The summed E-state index contributed by atoms with van der Waals surface area (Å²) in [7, 11) is 0. The van der Waals surface area contributed by atoms with Gasteiger partial charge in [0.15, 0.2) is 11.2 Å². The number of hydrogen-bond donors (Lipinski definition) is 0. The first-order chi connectivity index (χ1) is 23.3. The summed E-state index contributed by atoms with van der Waals surface area (Å²) in [5, 5.41) is 8.53. The normalized spacial score (nSPS) is 12.3. The van der Waals surface area contributed by atoms with Gasteiger partial charge in [0.1, 0.15) is 33.4 Å². The lowest BCUT2D eigenvalue weighted by Gasteiger charge is -2.03. The second-order valence-corrected chi connectivity index (χ2v) is 12.1. The van der Waals surface area contributed by atoms with Gasteiger partial charge in [-0.05, 0) is 52.7 Å². The number of hydrogen-bond acceptors (Lipinski definition) is 5. The van der Waals surface area contributed by atoms with Crippen molar-refractivity contribution in [3.05, 3.63) is 134 Å². The fourth-order valence-electron chi connectivity index (χ4n) is 7.39. The van der Waals surface area contributed by atoms with Crippen LogP contribution in [0.1, 0.15) is 0 Å². The van der Waals surface area contributed by atoms with Gasteiger partial charge in [0, 0.05) is 61.4 Å². The Labute approximate surface area is 266 Å². The topological polar surface area (TPSA) is 65.2 Å². The SMILES string of the molecule is c1ccc2c(c1)ccc1c3nccc(-c4ccc5oc6c(-c7ccnc8c7oc7c9ccccc9ccc87)cccc6c5c4)c3oc21. The third-order valence-corrected chi connectivity index (χ3v) is 9.58. The molecular weight excluding hydrogens is 580 g/mol. The minimum absolute atomic E-state index is 0.754. The van der Waals surface area contributed by atoms with Crippen LogP contribution in [0.4, 0.5) is 0 Å². The number of aromatic nitrogens is 2. The molecule has 0 aliphatic rings. The molecule has 0 saturated heterocycles. The molecule has 5 aromatic heterocycles. The van der Waals surface area contributed by atoms with Gasteiger partial charge in [-0.1, -0.05) is 84.9 Å². The highest BCUT2D eigenvalue weighted by molar-refractivity contribution is 6.19. The number of pyridine rings is 2. The smallest absolute Gasteiger partial charge is 0.161 e. The molecule has 5 heterocycles. The Bertz CT molecular complexity index is 3090. The highest BCUT2D eigenvalue weighted by Gasteiger charge is 2.20. The Morgan fingerprint density at radius 2 is 0.957 bits per heavy atom. The highest BCUT2D eigenvalue weighted by atomic mass is 16.3. The molecule has 0 N–H and O–H groups in total. The van der Waals surface area contributed by atoms with Crippen LogP contribution >= 0.6 is 0 Å². The standard InChI is InChI=1S/C42H22N2O3/c1-3-8-26-23(6-1)12-15-32-36-41(46-38(26)32)28(18-20-43-36)25-14-17-35-34(22-25)30-11-5-10-29(40(30)45-35)31-19-21-44-37-33-16-13-24-7-2-4-9-27(24)39(33)47-42(31)37/h1-22H. The Hall–Kier alpha value is -6.46. The predicted octanol–water partition coefficient (Wildman–Crippen LogP) is 11.8. The molecule has 0 atom stereocenters. The molecule has 0 aliphatic heterocycles. The van der Waals surface area contributed by atoms with Crippen LogP contribution in [-0.2, 0) is 0 Å². The number of rotatable bonds is 2. The van der Waals surface area contributed by atoms with E-state index in [1.54, 1.807) is 0 Å². The third-order valence-electron chi connectivity index (χ3n) is 9.58. The van der Waals surface area contributed by atoms with Crippen molar-refractivity contribution in [3.8, 4) is 22.3 Å². The average molecular weight is 603 g/mol. The maximum absolute atomic E-state index is 6.62. The van der Waals surface area contributed by atoms with Crippen molar-refractivity contribution >= 4 is 87.6 Å². The average Bonchev–Trinajstić information content (AvgIpc) is 3.83. The van der Waals surface area contributed by atoms with Crippen molar-refractivity contribution in [3.63, 3.8) is 0 Å². The van der Waals surface area contributed by atoms with Crippen LogP contribution in [-0.4, -0.2) is 9.97 Å². The van der Waals surface area contributed by atoms with E-state index >= 15 is 0 Å². The van der Waals surface area contributed by atoms with Crippen molar-refractivity contribution in [1.82, 2.24) is 9.97 Å². The second-order valence-electron chi connectivity index (χ2n) is 12.1. The molecule has 0 amide bonds. The van der Waals surface area contributed by atoms with Crippen molar-refractivity contribution in [2.75, 3.05) is 0 Å². The fraction of sp³-hybridized carbons (Fsp3) is 0. The lowest BCUT2D eigenvalue weighted by molar-refractivity contribution is 0.666. The Morgan fingerprint density at radius 1 is 0.362 bits per heavy atom. The summed E-state index contributed by atoms with van der Waals surface area (Å²) in [5.41, 5.74) is 10.5. The minimum Gasteiger partial charge on any atom is -0.455 e. The summed E-state index contributed by atoms with van der Waals surface area (Å²) in [5.74, 6) is 0. The van der Waals surface area contributed by atoms with E-state index < -0.39 is 0 Å². The van der Waals surface area contributed by atoms with Gasteiger partial charge in [0.25, 0.3) is 0 Å². The van der Waals surface area contributed by atoms with Crippen LogP contribution in [0.25, 0.3) is 110 Å². The zero-order valence-electron chi connectivity index (χ0n) is 24.8. The first-order valence-corrected chi connectivity index (χ1v) is 15.6. The van der Waals surface area contributed by atoms with Crippen LogP contribution in [0.5, 0.6) is 0 Å². The van der Waals surface area contributed by atoms with E-state index in [0.29, 0.717) is 0 Å². The van der Waals surface area contributed by atoms with Crippen LogP contribution in [0, 0.1) is 0 Å². The van der Waals surface area contributed by atoms with Gasteiger partial charge >= 0.3 is 0 Å². The van der Waals surface area contributed by atoms with E-state index in [4.69, 9.17) is 23.2 Å². The molecule has 5 nitrogen and oxygen atoms in total. The molecular formula is C42H22N2O3. The molecule has 0 aliphatic carbocycles. The number of furan rings is 3. The summed E-state index contributed by atoms with van der Waals surface area (Å²) < 4.78 is 19.8. The molecule has 6 aromatic carbocycles. The van der Waals surface area contributed by atoms with E-state index in [1.165, 1.54) is 0 Å². The lowest BCUT2D eigenvalue weighted by atomic mass is 10.00. The minimum atomic E-state index is 0.754. The summed E-state index contributed by atoms with van der Waals surface area (Å²) >= 11 is 0. The highest BCUT2D eigenvalue weighted by Crippen LogP contribution is 2.43. The molecule has 0 saturated carbocycles. The van der Waals surface area contributed by atoms with Gasteiger partial charge in [-0.2, -0.15) is 0 Å². The van der Waals surface area contributed by atoms with Crippen LogP contribution in [0.2, 0.25) is 0 Å². The van der Waals surface area contributed by atoms with Gasteiger partial charge in [-0.25, -0.2) is 0 Å². The Balaban J connectivity index is 1.12. The van der Waals surface area contributed by atoms with Crippen molar-refractivity contribution in [1.29, 1.82) is 0 Å². The third kappa shape index (κ3) is 3.37. The van der Waals surface area contributed by atoms with Crippen LogP contribution < -0.4 is 0 Å². The Morgan fingerprint density at radius 3 is 1.66 bits per heavy atom. The van der Waals surface area contributed by atoms with Gasteiger partial charge < -0.3 is 13.3 Å². The largest absolute Gasteiger partial charge is 0.455 e. The molecule has 47 heavy (non-hydrogen) atoms. The number of benzene rings is 6. The molecule has 11 aromatic rings. The predicted molar refractivity (Wildman–Crippen MR) is 190 cm³/mol. The zero-order chi connectivity index (χ0) is 30.6. The van der Waals surface area contributed by atoms with E-state index in [0.717, 1.165) is 110 Å². The molecule has 0 radical (unpaired) electrons. The monoisotopic (exact) mass is 602 g/mol. The van der Waals surface area contributed by atoms with Gasteiger partial charge in [0.2, 0.25) is 0 Å². The first kappa shape index (κ1) is 24.8. The van der Waals surface area contributed by atoms with Gasteiger partial charge in [-0.15, -0.1) is 0 Å². The van der Waals surface area contributed by atoms with Crippen LogP contribution in [0.15, 0.2) is 147 Å². The number of nitrogens with zero attached hydrogens (tertiary/aromatic N) is 2. The molecule has 0 bridgehead atoms. The molecule has 11 rings (SSSR count). The summed E-state index contributed by atoms with van der Waals surface area (Å²) in [6, 6.07) is 41.7. The quantitative estimate of drug-likeness (QED) is 0.197. The summed E-state index contributed by atoms with van der Waals surface area (Å²) in [4.78, 5) is 9.49. The van der Waals surface area contributed by atoms with E-state index in [-0.39, 0.29) is 0 Å². The molecule has 0 spiro atoms. The van der Waals surface area contributed by atoms with Gasteiger partial charge in [0.05, 0.1) is 0 Å². The van der Waals surface area contributed by atoms with Crippen LogP contribution in [0.3, 0.4) is 0 Å². The first-order valence-electron chi connectivity index (χ1n) is 15.6. The fourth-order valence-corrected chi connectivity index (χ4v) is 7.39. The number of fused-ring (bicyclic) bond motifs is 13. The zero-order valence-corrected chi connectivity index (χ0v) is 24.8. The molecule has 5 heteroatoms. The Kier molecular flexibility index (Phi) is 4.78. The maximum atomic E-state index is 6.62. The van der Waals surface area contributed by atoms with E-state index in [2.05, 4.69) is 78.9 Å². The molecule has 0 unspecified atom stereocenters. The summed E-state index contributed by atoms with van der Waals surface area (Å²) in [6.07, 6.45) is 3.72. The maximum Gasteiger partial charge on any atom is 0.161 e. The van der Waals surface area contributed by atoms with Crippen molar-refractivity contribution in [2.24, 2.45) is 0 Å². The number of para-hydroxylation sites is 1. The van der Waals surface area contributed by atoms with E-state index in [1.807, 2.05) is 54.9 Å². The lowest BCUT2D eigenvalue weighted by Crippen LogP contribution is -1.82. The van der Waals surface area contributed by atoms with Gasteiger partial charge in [-0.3, -0.25) is 9.97 Å². The summed E-state index contributed by atoms with van der Waals surface area (Å²) in [6.45, 7) is 0. The van der Waals surface area contributed by atoms with E-state index in [9.17, 15) is 0 Å².